The number of methoxy groups -OCH3 is 1. The van der Waals surface area contributed by atoms with Crippen LogP contribution >= 0.6 is 0 Å². The van der Waals surface area contributed by atoms with Crippen molar-refractivity contribution in [3.63, 3.8) is 0 Å². The van der Waals surface area contributed by atoms with Gasteiger partial charge >= 0.3 is 0 Å². The SMILES string of the molecule is CO[C@@]12CC[C@H](Oc3ccccn3)C[C@@H]1N(C(=O)Cc1cccc(F)c1)CC2. The van der Waals surface area contributed by atoms with Crippen molar-refractivity contribution in [2.45, 2.75) is 49.9 Å². The van der Waals surface area contributed by atoms with E-state index in [0.29, 0.717) is 24.4 Å². The van der Waals surface area contributed by atoms with Gasteiger partial charge in [0.25, 0.3) is 0 Å². The Kier molecular flexibility index (Phi) is 5.31. The summed E-state index contributed by atoms with van der Waals surface area (Å²) in [4.78, 5) is 19.1. The average molecular weight is 384 g/mol. The van der Waals surface area contributed by atoms with Crippen LogP contribution in [0.3, 0.4) is 0 Å². The lowest BCUT2D eigenvalue weighted by molar-refractivity contribution is -0.138. The first-order chi connectivity index (χ1) is 13.6. The van der Waals surface area contributed by atoms with E-state index >= 15 is 0 Å². The zero-order valence-corrected chi connectivity index (χ0v) is 16.0. The molecule has 0 N–H and O–H groups in total. The molecule has 0 spiro atoms. The molecule has 1 saturated heterocycles. The summed E-state index contributed by atoms with van der Waals surface area (Å²) in [6.45, 7) is 0.656. The molecule has 2 aromatic rings. The summed E-state index contributed by atoms with van der Waals surface area (Å²) < 4.78 is 25.5. The van der Waals surface area contributed by atoms with Gasteiger partial charge in [-0.2, -0.15) is 0 Å². The maximum atomic E-state index is 13.5. The Labute approximate surface area is 164 Å². The fraction of sp³-hybridized carbons (Fsp3) is 0.455. The minimum atomic E-state index is -0.320. The Morgan fingerprint density at radius 3 is 2.93 bits per heavy atom. The second kappa shape index (κ2) is 7.87. The van der Waals surface area contributed by atoms with Crippen molar-refractivity contribution in [3.05, 3.63) is 60.0 Å². The fourth-order valence-corrected chi connectivity index (χ4v) is 4.58. The molecule has 5 nitrogen and oxygen atoms in total. The molecule has 0 bridgehead atoms. The molecule has 1 aliphatic heterocycles. The van der Waals surface area contributed by atoms with Gasteiger partial charge in [0.2, 0.25) is 11.8 Å². The number of fused-ring (bicyclic) bond motifs is 1. The third-order valence-electron chi connectivity index (χ3n) is 6.03. The van der Waals surface area contributed by atoms with Gasteiger partial charge in [-0.3, -0.25) is 4.79 Å². The largest absolute Gasteiger partial charge is 0.474 e. The van der Waals surface area contributed by atoms with E-state index in [9.17, 15) is 9.18 Å². The van der Waals surface area contributed by atoms with Crippen molar-refractivity contribution in [1.82, 2.24) is 9.88 Å². The van der Waals surface area contributed by atoms with Crippen molar-refractivity contribution in [1.29, 1.82) is 0 Å². The Morgan fingerprint density at radius 1 is 1.29 bits per heavy atom. The quantitative estimate of drug-likeness (QED) is 0.793. The first kappa shape index (κ1) is 18.9. The van der Waals surface area contributed by atoms with Crippen LogP contribution in [0, 0.1) is 5.82 Å². The van der Waals surface area contributed by atoms with Crippen molar-refractivity contribution in [2.75, 3.05) is 13.7 Å². The number of benzene rings is 1. The molecule has 3 atom stereocenters. The van der Waals surface area contributed by atoms with Gasteiger partial charge in [0.05, 0.1) is 18.1 Å². The van der Waals surface area contributed by atoms with Crippen LogP contribution in [0.15, 0.2) is 48.7 Å². The predicted molar refractivity (Wildman–Crippen MR) is 102 cm³/mol. The molecular weight excluding hydrogens is 359 g/mol. The highest BCUT2D eigenvalue weighted by molar-refractivity contribution is 5.79. The lowest BCUT2D eigenvalue weighted by Gasteiger charge is -2.43. The zero-order chi connectivity index (χ0) is 19.6. The summed E-state index contributed by atoms with van der Waals surface area (Å²) in [5.41, 5.74) is 0.374. The van der Waals surface area contributed by atoms with Crippen LogP contribution in [-0.2, 0) is 16.0 Å². The van der Waals surface area contributed by atoms with Crippen LogP contribution < -0.4 is 4.74 Å². The third kappa shape index (κ3) is 3.74. The summed E-state index contributed by atoms with van der Waals surface area (Å²) in [5, 5.41) is 0. The molecule has 1 aliphatic carbocycles. The van der Waals surface area contributed by atoms with E-state index < -0.39 is 0 Å². The third-order valence-corrected chi connectivity index (χ3v) is 6.03. The van der Waals surface area contributed by atoms with Crippen LogP contribution in [0.4, 0.5) is 4.39 Å². The van der Waals surface area contributed by atoms with Gasteiger partial charge in [0.1, 0.15) is 11.9 Å². The highest BCUT2D eigenvalue weighted by Crippen LogP contribution is 2.43. The van der Waals surface area contributed by atoms with Gasteiger partial charge in [0.15, 0.2) is 0 Å². The van der Waals surface area contributed by atoms with Gasteiger partial charge in [0, 0.05) is 32.3 Å². The number of pyridine rings is 1. The van der Waals surface area contributed by atoms with E-state index in [1.165, 1.54) is 12.1 Å². The minimum Gasteiger partial charge on any atom is -0.474 e. The first-order valence-electron chi connectivity index (χ1n) is 9.76. The van der Waals surface area contributed by atoms with Crippen molar-refractivity contribution in [2.24, 2.45) is 0 Å². The van der Waals surface area contributed by atoms with Crippen molar-refractivity contribution in [3.8, 4) is 5.88 Å². The van der Waals surface area contributed by atoms with Gasteiger partial charge in [-0.25, -0.2) is 9.37 Å². The van der Waals surface area contributed by atoms with Crippen LogP contribution in [0.5, 0.6) is 5.88 Å². The van der Waals surface area contributed by atoms with E-state index in [4.69, 9.17) is 9.47 Å². The number of rotatable bonds is 5. The first-order valence-corrected chi connectivity index (χ1v) is 9.76. The topological polar surface area (TPSA) is 51.7 Å². The smallest absolute Gasteiger partial charge is 0.227 e. The molecule has 0 unspecified atom stereocenters. The number of ether oxygens (including phenoxy) is 2. The number of carbonyl (C=O) groups is 1. The van der Waals surface area contributed by atoms with Gasteiger partial charge in [-0.15, -0.1) is 0 Å². The summed E-state index contributed by atoms with van der Waals surface area (Å²) in [5.74, 6) is 0.292. The molecule has 28 heavy (non-hydrogen) atoms. The molecule has 4 rings (SSSR count). The molecular formula is C22H25FN2O3. The second-order valence-corrected chi connectivity index (χ2v) is 7.61. The molecule has 148 valence electrons. The normalized spacial score (nSPS) is 26.7. The number of halogens is 1. The van der Waals surface area contributed by atoms with E-state index in [2.05, 4.69) is 4.98 Å². The van der Waals surface area contributed by atoms with Crippen LogP contribution in [0.2, 0.25) is 0 Å². The predicted octanol–water partition coefficient (Wildman–Crippen LogP) is 3.38. The average Bonchev–Trinajstić information content (AvgIpc) is 3.08. The highest BCUT2D eigenvalue weighted by atomic mass is 19.1. The highest BCUT2D eigenvalue weighted by Gasteiger charge is 2.52. The molecule has 2 heterocycles. The molecule has 1 saturated carbocycles. The Hall–Kier alpha value is -2.47. The Bertz CT molecular complexity index is 832. The van der Waals surface area contributed by atoms with Gasteiger partial charge in [-0.1, -0.05) is 18.2 Å². The molecule has 2 aliphatic rings. The van der Waals surface area contributed by atoms with Crippen LogP contribution in [0.25, 0.3) is 0 Å². The Balaban J connectivity index is 1.48. The lowest BCUT2D eigenvalue weighted by atomic mass is 9.79. The number of carbonyl (C=O) groups excluding carboxylic acids is 1. The molecule has 2 fully saturated rings. The van der Waals surface area contributed by atoms with Crippen molar-refractivity contribution < 1.29 is 18.7 Å². The number of amides is 1. The van der Waals surface area contributed by atoms with E-state index in [1.54, 1.807) is 25.4 Å². The number of hydrogen-bond donors (Lipinski definition) is 0. The lowest BCUT2D eigenvalue weighted by Crippen LogP contribution is -2.53. The van der Waals surface area contributed by atoms with E-state index in [0.717, 1.165) is 19.3 Å². The molecule has 6 heteroatoms. The van der Waals surface area contributed by atoms with Crippen molar-refractivity contribution >= 4 is 5.91 Å². The molecule has 0 radical (unpaired) electrons. The fourth-order valence-electron chi connectivity index (χ4n) is 4.58. The molecule has 1 amide bonds. The van der Waals surface area contributed by atoms with Gasteiger partial charge in [-0.05, 0) is 43.0 Å². The monoisotopic (exact) mass is 384 g/mol. The van der Waals surface area contributed by atoms with E-state index in [1.807, 2.05) is 23.1 Å². The summed E-state index contributed by atoms with van der Waals surface area (Å²) in [7, 11) is 1.73. The number of hydrogen-bond acceptors (Lipinski definition) is 4. The Morgan fingerprint density at radius 2 is 2.18 bits per heavy atom. The zero-order valence-electron chi connectivity index (χ0n) is 16.0. The maximum absolute atomic E-state index is 13.5. The standard InChI is InChI=1S/C22H25FN2O3/c1-27-22-9-8-18(28-20-7-2-3-11-24-20)15-19(22)25(12-10-22)21(26)14-16-5-4-6-17(23)13-16/h2-7,11,13,18-19H,8-10,12,14-15H2,1H3/t18-,19-,22+/m0/s1. The minimum absolute atomic E-state index is 0.00742. The van der Waals surface area contributed by atoms with Gasteiger partial charge < -0.3 is 14.4 Å². The number of likely N-dealkylation sites (tertiary alicyclic amines) is 1. The summed E-state index contributed by atoms with van der Waals surface area (Å²) in [6.07, 6.45) is 5.13. The molecule has 1 aromatic carbocycles. The second-order valence-electron chi connectivity index (χ2n) is 7.61. The number of nitrogens with zero attached hydrogens (tertiary/aromatic N) is 2. The molecule has 1 aromatic heterocycles. The summed E-state index contributed by atoms with van der Waals surface area (Å²) >= 11 is 0. The number of aromatic nitrogens is 1. The van der Waals surface area contributed by atoms with E-state index in [-0.39, 0.29) is 35.9 Å². The van der Waals surface area contributed by atoms with Crippen LogP contribution in [-0.4, -0.2) is 47.2 Å². The maximum Gasteiger partial charge on any atom is 0.227 e. The van der Waals surface area contributed by atoms with Crippen LogP contribution in [0.1, 0.15) is 31.2 Å². The summed E-state index contributed by atoms with van der Waals surface area (Å²) in [6, 6.07) is 11.8.